The fourth-order valence-electron chi connectivity index (χ4n) is 2.35. The largest absolute Gasteiger partial charge is 0.480 e. The number of carbonyl (C=O) groups excluding carboxylic acids is 1. The van der Waals surface area contributed by atoms with Crippen LogP contribution in [0.5, 0.6) is 0 Å². The number of carboxylic acids is 1. The van der Waals surface area contributed by atoms with Crippen LogP contribution >= 0.6 is 0 Å². The van der Waals surface area contributed by atoms with Gasteiger partial charge in [-0.25, -0.2) is 0 Å². The Morgan fingerprint density at radius 1 is 1.64 bits per heavy atom. The highest BCUT2D eigenvalue weighted by Crippen LogP contribution is 2.51. The second kappa shape index (κ2) is 1.84. The van der Waals surface area contributed by atoms with Crippen molar-refractivity contribution in [2.24, 2.45) is 11.3 Å². The summed E-state index contributed by atoms with van der Waals surface area (Å²) in [6, 6.07) is 0. The van der Waals surface area contributed by atoms with Crippen molar-refractivity contribution in [1.82, 2.24) is 0 Å². The number of rotatable bonds is 1. The molecule has 0 spiro atoms. The Morgan fingerprint density at radius 2 is 2.36 bits per heavy atom. The molecule has 0 aromatic carbocycles. The molecule has 3 nitrogen and oxygen atoms in total. The summed E-state index contributed by atoms with van der Waals surface area (Å²) < 4.78 is 0. The predicted octanol–water partition coefficient (Wildman–Crippen LogP) is 0.830. The van der Waals surface area contributed by atoms with Crippen molar-refractivity contribution in [1.29, 1.82) is 0 Å². The normalized spacial score (nSPS) is 41.5. The molecule has 2 saturated carbocycles. The summed E-state index contributed by atoms with van der Waals surface area (Å²) in [6.45, 7) is 0. The van der Waals surface area contributed by atoms with Crippen molar-refractivity contribution in [2.75, 3.05) is 0 Å². The Morgan fingerprint density at radius 3 is 2.64 bits per heavy atom. The molecule has 0 aliphatic heterocycles. The molecule has 3 heteroatoms. The second-order valence-corrected chi connectivity index (χ2v) is 3.62. The van der Waals surface area contributed by atoms with Crippen molar-refractivity contribution in [3.8, 4) is 0 Å². The Hall–Kier alpha value is -0.860. The predicted molar refractivity (Wildman–Crippen MR) is 37.0 cm³/mol. The van der Waals surface area contributed by atoms with E-state index in [1.807, 2.05) is 0 Å². The molecule has 2 rings (SSSR count). The van der Waals surface area contributed by atoms with Crippen LogP contribution in [0.2, 0.25) is 0 Å². The zero-order valence-electron chi connectivity index (χ0n) is 6.17. The first kappa shape index (κ1) is 6.83. The molecule has 0 unspecified atom stereocenters. The number of aliphatic carboxylic acids is 1. The van der Waals surface area contributed by atoms with Gasteiger partial charge in [-0.1, -0.05) is 0 Å². The van der Waals surface area contributed by atoms with Crippen LogP contribution in [-0.2, 0) is 9.59 Å². The fraction of sp³-hybridized carbons (Fsp3) is 0.750. The van der Waals surface area contributed by atoms with Gasteiger partial charge in [-0.3, -0.25) is 9.59 Å². The third kappa shape index (κ3) is 0.682. The highest BCUT2D eigenvalue weighted by atomic mass is 16.4. The molecule has 2 bridgehead atoms. The van der Waals surface area contributed by atoms with E-state index in [-0.39, 0.29) is 5.78 Å². The van der Waals surface area contributed by atoms with Crippen LogP contribution in [0.1, 0.15) is 25.7 Å². The molecular weight excluding hydrogens is 144 g/mol. The number of carboxylic acid groups (broad SMARTS) is 1. The summed E-state index contributed by atoms with van der Waals surface area (Å²) in [5.74, 6) is -0.567. The van der Waals surface area contributed by atoms with Crippen LogP contribution in [-0.4, -0.2) is 16.9 Å². The van der Waals surface area contributed by atoms with Gasteiger partial charge in [-0.2, -0.15) is 0 Å². The SMILES string of the molecule is O=C(O)[C@@]12CC[C@H](CC1=O)C2. The van der Waals surface area contributed by atoms with Crippen LogP contribution in [0.4, 0.5) is 0 Å². The molecule has 60 valence electrons. The van der Waals surface area contributed by atoms with Crippen molar-refractivity contribution in [3.63, 3.8) is 0 Å². The maximum atomic E-state index is 11.2. The zero-order chi connectivity index (χ0) is 8.06. The first-order chi connectivity index (χ1) is 5.15. The van der Waals surface area contributed by atoms with Crippen molar-refractivity contribution in [3.05, 3.63) is 0 Å². The summed E-state index contributed by atoms with van der Waals surface area (Å²) in [5, 5.41) is 8.84. The third-order valence-electron chi connectivity index (χ3n) is 3.03. The van der Waals surface area contributed by atoms with Crippen LogP contribution in [0.15, 0.2) is 0 Å². The number of hydrogen-bond donors (Lipinski definition) is 1. The molecular formula is C8H10O3. The van der Waals surface area contributed by atoms with Gasteiger partial charge in [0.25, 0.3) is 0 Å². The van der Waals surface area contributed by atoms with E-state index < -0.39 is 11.4 Å². The van der Waals surface area contributed by atoms with Gasteiger partial charge in [0.15, 0.2) is 0 Å². The second-order valence-electron chi connectivity index (χ2n) is 3.62. The molecule has 0 aromatic rings. The van der Waals surface area contributed by atoms with E-state index in [0.717, 1.165) is 6.42 Å². The number of hydrogen-bond acceptors (Lipinski definition) is 2. The number of carbonyl (C=O) groups is 2. The lowest BCUT2D eigenvalue weighted by Gasteiger charge is -2.18. The van der Waals surface area contributed by atoms with Gasteiger partial charge in [-0.15, -0.1) is 0 Å². The molecule has 11 heavy (non-hydrogen) atoms. The van der Waals surface area contributed by atoms with Crippen LogP contribution in [0.3, 0.4) is 0 Å². The lowest BCUT2D eigenvalue weighted by molar-refractivity contribution is -0.153. The minimum Gasteiger partial charge on any atom is -0.480 e. The molecule has 0 aromatic heterocycles. The average molecular weight is 154 g/mol. The van der Waals surface area contributed by atoms with Crippen LogP contribution in [0.25, 0.3) is 0 Å². The standard InChI is InChI=1S/C8H10O3/c9-6-3-5-1-2-8(6,4-5)7(10)11/h5H,1-4H2,(H,10,11)/t5-,8-/m1/s1. The summed E-state index contributed by atoms with van der Waals surface area (Å²) >= 11 is 0. The fourth-order valence-corrected chi connectivity index (χ4v) is 2.35. The Kier molecular flexibility index (Phi) is 1.14. The van der Waals surface area contributed by atoms with Gasteiger partial charge in [0.05, 0.1) is 0 Å². The quantitative estimate of drug-likeness (QED) is 0.569. The Bertz CT molecular complexity index is 233. The van der Waals surface area contributed by atoms with Crippen molar-refractivity contribution >= 4 is 11.8 Å². The lowest BCUT2D eigenvalue weighted by atomic mass is 9.83. The summed E-state index contributed by atoms with van der Waals surface area (Å²) in [7, 11) is 0. The van der Waals surface area contributed by atoms with Gasteiger partial charge in [0, 0.05) is 6.42 Å². The highest BCUT2D eigenvalue weighted by Gasteiger charge is 2.56. The Labute approximate surface area is 64.4 Å². The third-order valence-corrected chi connectivity index (χ3v) is 3.03. The molecule has 0 heterocycles. The van der Waals surface area contributed by atoms with Gasteiger partial charge in [0.1, 0.15) is 11.2 Å². The molecule has 2 aliphatic carbocycles. The van der Waals surface area contributed by atoms with E-state index in [1.165, 1.54) is 0 Å². The first-order valence-electron chi connectivity index (χ1n) is 3.92. The molecule has 2 fully saturated rings. The minimum absolute atomic E-state index is 0.0405. The monoisotopic (exact) mass is 154 g/mol. The summed E-state index contributed by atoms with van der Waals surface area (Å²) in [4.78, 5) is 22.0. The maximum absolute atomic E-state index is 11.2. The average Bonchev–Trinajstić information content (AvgIpc) is 2.43. The zero-order valence-corrected chi connectivity index (χ0v) is 6.17. The van der Waals surface area contributed by atoms with Gasteiger partial charge < -0.3 is 5.11 Å². The smallest absolute Gasteiger partial charge is 0.317 e. The van der Waals surface area contributed by atoms with E-state index in [9.17, 15) is 9.59 Å². The topological polar surface area (TPSA) is 54.4 Å². The molecule has 0 radical (unpaired) electrons. The Balaban J connectivity index is 2.37. The van der Waals surface area contributed by atoms with Gasteiger partial charge >= 0.3 is 5.97 Å². The van der Waals surface area contributed by atoms with Crippen LogP contribution < -0.4 is 0 Å². The lowest BCUT2D eigenvalue weighted by Crippen LogP contribution is -2.34. The summed E-state index contributed by atoms with van der Waals surface area (Å²) in [5.41, 5.74) is -0.954. The molecule has 0 saturated heterocycles. The molecule has 2 atom stereocenters. The van der Waals surface area contributed by atoms with E-state index in [4.69, 9.17) is 5.11 Å². The van der Waals surface area contributed by atoms with E-state index >= 15 is 0 Å². The molecule has 2 aliphatic rings. The van der Waals surface area contributed by atoms with E-state index in [0.29, 0.717) is 25.2 Å². The number of fused-ring (bicyclic) bond motifs is 2. The van der Waals surface area contributed by atoms with Gasteiger partial charge in [0.2, 0.25) is 0 Å². The van der Waals surface area contributed by atoms with Crippen molar-refractivity contribution in [2.45, 2.75) is 25.7 Å². The maximum Gasteiger partial charge on any atom is 0.317 e. The highest BCUT2D eigenvalue weighted by molar-refractivity contribution is 6.05. The van der Waals surface area contributed by atoms with E-state index in [2.05, 4.69) is 0 Å². The molecule has 1 N–H and O–H groups in total. The number of ketones is 1. The number of Topliss-reactive ketones (excluding diaryl/α,β-unsaturated/α-hetero) is 1. The molecule has 0 amide bonds. The van der Waals surface area contributed by atoms with E-state index in [1.54, 1.807) is 0 Å². The minimum atomic E-state index is -0.954. The summed E-state index contributed by atoms with van der Waals surface area (Å²) in [6.07, 6.45) is 2.61. The van der Waals surface area contributed by atoms with Crippen LogP contribution in [0, 0.1) is 11.3 Å². The first-order valence-corrected chi connectivity index (χ1v) is 3.92. The van der Waals surface area contributed by atoms with Gasteiger partial charge in [-0.05, 0) is 25.2 Å². The van der Waals surface area contributed by atoms with Crippen molar-refractivity contribution < 1.29 is 14.7 Å².